The van der Waals surface area contributed by atoms with Gasteiger partial charge in [-0.25, -0.2) is 4.68 Å². The van der Waals surface area contributed by atoms with Crippen molar-refractivity contribution in [1.82, 2.24) is 30.0 Å². The number of morpholine rings is 1. The molecule has 2 aliphatic heterocycles. The molecule has 2 aromatic rings. The number of aromatic nitrogens is 4. The molecule has 0 spiro atoms. The zero-order valence-corrected chi connectivity index (χ0v) is 18.3. The van der Waals surface area contributed by atoms with Crippen LogP contribution in [-0.4, -0.2) is 81.4 Å². The summed E-state index contributed by atoms with van der Waals surface area (Å²) in [6.07, 6.45) is 3.17. The van der Waals surface area contributed by atoms with E-state index < -0.39 is 0 Å². The van der Waals surface area contributed by atoms with E-state index in [4.69, 9.17) is 9.47 Å². The van der Waals surface area contributed by atoms with Crippen LogP contribution in [0.1, 0.15) is 37.1 Å². The maximum Gasteiger partial charge on any atom is 0.222 e. The molecule has 0 radical (unpaired) electrons. The topological polar surface area (TPSA) is 85.6 Å². The summed E-state index contributed by atoms with van der Waals surface area (Å²) in [5, 5.41) is 12.1. The lowest BCUT2D eigenvalue weighted by Gasteiger charge is -2.32. The molecule has 0 unspecified atom stereocenters. The van der Waals surface area contributed by atoms with Crippen LogP contribution >= 0.6 is 0 Å². The van der Waals surface area contributed by atoms with Gasteiger partial charge in [-0.3, -0.25) is 9.69 Å². The van der Waals surface area contributed by atoms with E-state index in [-0.39, 0.29) is 12.0 Å². The van der Waals surface area contributed by atoms with Crippen LogP contribution in [0, 0.1) is 6.92 Å². The molecule has 1 amide bonds. The van der Waals surface area contributed by atoms with Crippen LogP contribution in [0.5, 0.6) is 5.75 Å². The van der Waals surface area contributed by atoms with Gasteiger partial charge in [-0.15, -0.1) is 5.10 Å². The number of amides is 1. The van der Waals surface area contributed by atoms with E-state index in [2.05, 4.69) is 39.5 Å². The molecule has 2 aliphatic rings. The van der Waals surface area contributed by atoms with E-state index in [1.54, 1.807) is 0 Å². The third-order valence-electron chi connectivity index (χ3n) is 5.95. The number of piperidine rings is 1. The van der Waals surface area contributed by atoms with Gasteiger partial charge in [0.1, 0.15) is 11.9 Å². The average Bonchev–Trinajstić information content (AvgIpc) is 3.23. The van der Waals surface area contributed by atoms with Crippen LogP contribution in [-0.2, 0) is 22.6 Å². The highest BCUT2D eigenvalue weighted by Gasteiger charge is 2.24. The summed E-state index contributed by atoms with van der Waals surface area (Å²) in [6.45, 7) is 8.25. The van der Waals surface area contributed by atoms with Gasteiger partial charge in [-0.05, 0) is 35.9 Å². The molecule has 9 heteroatoms. The minimum Gasteiger partial charge on any atom is -0.490 e. The summed E-state index contributed by atoms with van der Waals surface area (Å²) in [6, 6.07) is 8.15. The summed E-state index contributed by atoms with van der Waals surface area (Å²) in [4.78, 5) is 16.9. The Morgan fingerprint density at radius 3 is 2.61 bits per heavy atom. The molecule has 0 atom stereocenters. The van der Waals surface area contributed by atoms with Crippen molar-refractivity contribution >= 4 is 5.91 Å². The van der Waals surface area contributed by atoms with Crippen molar-refractivity contribution in [1.29, 1.82) is 0 Å². The Kier molecular flexibility index (Phi) is 7.48. The average molecular weight is 429 g/mol. The van der Waals surface area contributed by atoms with E-state index in [1.165, 1.54) is 5.56 Å². The first-order valence-corrected chi connectivity index (χ1v) is 11.2. The van der Waals surface area contributed by atoms with Gasteiger partial charge in [0.2, 0.25) is 5.91 Å². The number of nitrogens with zero attached hydrogens (tertiary/aromatic N) is 6. The van der Waals surface area contributed by atoms with Crippen LogP contribution in [0.25, 0.3) is 0 Å². The van der Waals surface area contributed by atoms with Crippen LogP contribution in [0.2, 0.25) is 0 Å². The van der Waals surface area contributed by atoms with Crippen molar-refractivity contribution in [2.45, 2.75) is 51.8 Å². The molecule has 2 saturated heterocycles. The van der Waals surface area contributed by atoms with Crippen LogP contribution in [0.3, 0.4) is 0 Å². The van der Waals surface area contributed by atoms with Gasteiger partial charge in [-0.1, -0.05) is 17.7 Å². The number of likely N-dealkylation sites (tertiary alicyclic amines) is 1. The third-order valence-corrected chi connectivity index (χ3v) is 5.95. The van der Waals surface area contributed by atoms with Gasteiger partial charge >= 0.3 is 0 Å². The maximum absolute atomic E-state index is 12.6. The molecule has 4 rings (SSSR count). The minimum atomic E-state index is 0.177. The summed E-state index contributed by atoms with van der Waals surface area (Å²) in [7, 11) is 0. The third kappa shape index (κ3) is 6.24. The maximum atomic E-state index is 12.6. The van der Waals surface area contributed by atoms with Gasteiger partial charge in [0, 0.05) is 52.0 Å². The summed E-state index contributed by atoms with van der Waals surface area (Å²) >= 11 is 0. The number of carbonyl (C=O) groups excluding carboxylic acids is 1. The molecule has 9 nitrogen and oxygen atoms in total. The fourth-order valence-corrected chi connectivity index (χ4v) is 4.04. The Morgan fingerprint density at radius 2 is 1.87 bits per heavy atom. The Labute approximate surface area is 183 Å². The molecule has 1 aromatic carbocycles. The van der Waals surface area contributed by atoms with Crippen molar-refractivity contribution < 1.29 is 14.3 Å². The van der Waals surface area contributed by atoms with E-state index in [0.29, 0.717) is 13.0 Å². The predicted octanol–water partition coefficient (Wildman–Crippen LogP) is 1.66. The standard InChI is InChI=1S/C22H32N6O3/c1-18-4-6-19(7-5-18)31-20-8-11-27(12-9-20)22(29)3-2-10-28-21(23-24-25-28)17-26-13-15-30-16-14-26/h4-7,20H,2-3,8-17H2,1H3. The van der Waals surface area contributed by atoms with Crippen molar-refractivity contribution in [2.24, 2.45) is 0 Å². The molecule has 0 N–H and O–H groups in total. The van der Waals surface area contributed by atoms with Crippen LogP contribution in [0.4, 0.5) is 0 Å². The molecule has 0 aliphatic carbocycles. The second kappa shape index (κ2) is 10.7. The Hall–Kier alpha value is -2.52. The van der Waals surface area contributed by atoms with E-state index in [9.17, 15) is 4.79 Å². The number of hydrogen-bond acceptors (Lipinski definition) is 7. The van der Waals surface area contributed by atoms with Gasteiger partial charge in [0.15, 0.2) is 5.82 Å². The number of benzene rings is 1. The first-order chi connectivity index (χ1) is 15.2. The molecule has 2 fully saturated rings. The highest BCUT2D eigenvalue weighted by Crippen LogP contribution is 2.20. The smallest absolute Gasteiger partial charge is 0.222 e. The highest BCUT2D eigenvalue weighted by atomic mass is 16.5. The summed E-state index contributed by atoms with van der Waals surface area (Å²) < 4.78 is 13.3. The second-order valence-electron chi connectivity index (χ2n) is 8.32. The number of ether oxygens (including phenoxy) is 2. The largest absolute Gasteiger partial charge is 0.490 e. The minimum absolute atomic E-state index is 0.177. The van der Waals surface area contributed by atoms with Gasteiger partial charge < -0.3 is 14.4 Å². The number of rotatable bonds is 8. The number of aryl methyl sites for hydroxylation is 2. The number of hydrogen-bond donors (Lipinski definition) is 0. The molecular formula is C22H32N6O3. The van der Waals surface area contributed by atoms with Gasteiger partial charge in [-0.2, -0.15) is 0 Å². The molecule has 168 valence electrons. The van der Waals surface area contributed by atoms with Gasteiger partial charge in [0.05, 0.1) is 19.8 Å². The van der Waals surface area contributed by atoms with Crippen molar-refractivity contribution in [3.05, 3.63) is 35.7 Å². The summed E-state index contributed by atoms with van der Waals surface area (Å²) in [5.74, 6) is 1.96. The zero-order chi connectivity index (χ0) is 21.5. The van der Waals surface area contributed by atoms with Crippen molar-refractivity contribution in [2.75, 3.05) is 39.4 Å². The fourth-order valence-electron chi connectivity index (χ4n) is 4.04. The molecule has 31 heavy (non-hydrogen) atoms. The zero-order valence-electron chi connectivity index (χ0n) is 18.3. The quantitative estimate of drug-likeness (QED) is 0.632. The lowest BCUT2D eigenvalue weighted by atomic mass is 10.1. The SMILES string of the molecule is Cc1ccc(OC2CCN(C(=O)CCCn3nnnc3CN3CCOCC3)CC2)cc1. The van der Waals surface area contributed by atoms with E-state index >= 15 is 0 Å². The normalized spacial score (nSPS) is 18.3. The first kappa shape index (κ1) is 21.7. The van der Waals surface area contributed by atoms with Crippen LogP contribution < -0.4 is 4.74 Å². The lowest BCUT2D eigenvalue weighted by molar-refractivity contribution is -0.133. The fraction of sp³-hybridized carbons (Fsp3) is 0.636. The van der Waals surface area contributed by atoms with Crippen molar-refractivity contribution in [3.8, 4) is 5.75 Å². The Bertz CT molecular complexity index is 826. The second-order valence-corrected chi connectivity index (χ2v) is 8.32. The predicted molar refractivity (Wildman–Crippen MR) is 115 cm³/mol. The molecule has 0 bridgehead atoms. The molecule has 3 heterocycles. The Balaban J connectivity index is 1.16. The number of tetrazole rings is 1. The summed E-state index contributed by atoms with van der Waals surface area (Å²) in [5.41, 5.74) is 1.22. The Morgan fingerprint density at radius 1 is 1.13 bits per heavy atom. The van der Waals surface area contributed by atoms with E-state index in [1.807, 2.05) is 21.7 Å². The highest BCUT2D eigenvalue weighted by molar-refractivity contribution is 5.76. The first-order valence-electron chi connectivity index (χ1n) is 11.2. The monoisotopic (exact) mass is 428 g/mol. The van der Waals surface area contributed by atoms with Crippen molar-refractivity contribution in [3.63, 3.8) is 0 Å². The molecule has 1 aromatic heterocycles. The van der Waals surface area contributed by atoms with E-state index in [0.717, 1.165) is 76.8 Å². The lowest BCUT2D eigenvalue weighted by Crippen LogP contribution is -2.41. The molecular weight excluding hydrogens is 396 g/mol. The van der Waals surface area contributed by atoms with Gasteiger partial charge in [0.25, 0.3) is 0 Å². The molecule has 0 saturated carbocycles. The number of carbonyl (C=O) groups is 1. The van der Waals surface area contributed by atoms with Crippen LogP contribution in [0.15, 0.2) is 24.3 Å².